The number of carbonyl (C=O) groups excluding carboxylic acids is 1. The number of hydrogen-bond donors (Lipinski definition) is 2. The molecule has 4 nitrogen and oxygen atoms in total. The molecule has 2 N–H and O–H groups in total. The Hall–Kier alpha value is -2.17. The molecule has 1 aliphatic heterocycles. The van der Waals surface area contributed by atoms with E-state index >= 15 is 0 Å². The monoisotopic (exact) mass is 324 g/mol. The Balaban J connectivity index is 2.00. The molecule has 1 unspecified atom stereocenters. The number of carbonyl (C=O) groups is 1. The van der Waals surface area contributed by atoms with E-state index in [0.29, 0.717) is 0 Å². The average Bonchev–Trinajstić information content (AvgIpc) is 2.76. The first kappa shape index (κ1) is 16.7. The van der Waals surface area contributed by atoms with Crippen molar-refractivity contribution in [3.8, 4) is 0 Å². The highest BCUT2D eigenvalue weighted by atomic mass is 16.3. The Labute approximate surface area is 143 Å². The van der Waals surface area contributed by atoms with Gasteiger partial charge in [-0.1, -0.05) is 50.2 Å². The van der Waals surface area contributed by atoms with Crippen LogP contribution in [0, 0.1) is 0 Å². The van der Waals surface area contributed by atoms with E-state index in [9.17, 15) is 9.90 Å². The number of aliphatic hydroxyl groups is 1. The van der Waals surface area contributed by atoms with Gasteiger partial charge in [0, 0.05) is 12.6 Å². The fourth-order valence-electron chi connectivity index (χ4n) is 3.10. The lowest BCUT2D eigenvalue weighted by atomic mass is 10.0. The van der Waals surface area contributed by atoms with Gasteiger partial charge in [-0.15, -0.1) is 0 Å². The van der Waals surface area contributed by atoms with Gasteiger partial charge in [0.05, 0.1) is 11.4 Å². The van der Waals surface area contributed by atoms with E-state index in [1.165, 1.54) is 0 Å². The summed E-state index contributed by atoms with van der Waals surface area (Å²) in [4.78, 5) is 14.7. The first-order valence-electron chi connectivity index (χ1n) is 8.49. The topological polar surface area (TPSA) is 52.6 Å². The van der Waals surface area contributed by atoms with Crippen LogP contribution in [0.1, 0.15) is 25.0 Å². The Bertz CT molecular complexity index is 680. The molecule has 0 saturated carbocycles. The number of rotatable bonds is 4. The van der Waals surface area contributed by atoms with E-state index in [1.807, 2.05) is 50.2 Å². The molecule has 0 spiro atoms. The number of anilines is 2. The summed E-state index contributed by atoms with van der Waals surface area (Å²) in [6, 6.07) is 16.1. The van der Waals surface area contributed by atoms with Crippen LogP contribution in [0.5, 0.6) is 0 Å². The molecule has 1 amide bonds. The molecule has 1 atom stereocenters. The lowest BCUT2D eigenvalue weighted by Crippen LogP contribution is -2.43. The molecule has 126 valence electrons. The number of aliphatic hydroxyl groups excluding tert-OH is 1. The van der Waals surface area contributed by atoms with Gasteiger partial charge in [0.25, 0.3) is 5.91 Å². The molecule has 0 saturated heterocycles. The SMILES string of the molecule is CC(C)NCC(O)C(=O)N1c2ccccc2CCc2ccccc21. The van der Waals surface area contributed by atoms with Gasteiger partial charge >= 0.3 is 0 Å². The molecule has 4 heteroatoms. The molecule has 3 rings (SSSR count). The molecule has 0 bridgehead atoms. The Morgan fingerprint density at radius 1 is 1.04 bits per heavy atom. The third-order valence-corrected chi connectivity index (χ3v) is 4.35. The standard InChI is InChI=1S/C20H24N2O2/c1-14(2)21-13-19(23)20(24)22-17-9-5-3-7-15(17)11-12-16-8-4-6-10-18(16)22/h3-10,14,19,21,23H,11-13H2,1-2H3. The number of hydrogen-bond acceptors (Lipinski definition) is 3. The maximum absolute atomic E-state index is 13.0. The van der Waals surface area contributed by atoms with E-state index in [-0.39, 0.29) is 18.5 Å². The quantitative estimate of drug-likeness (QED) is 0.909. The smallest absolute Gasteiger partial charge is 0.261 e. The van der Waals surface area contributed by atoms with Crippen molar-refractivity contribution in [3.05, 3.63) is 59.7 Å². The molecule has 1 aliphatic rings. The maximum atomic E-state index is 13.0. The number of amides is 1. The number of aryl methyl sites for hydroxylation is 2. The maximum Gasteiger partial charge on any atom is 0.261 e. The van der Waals surface area contributed by atoms with Gasteiger partial charge < -0.3 is 10.4 Å². The van der Waals surface area contributed by atoms with E-state index in [0.717, 1.165) is 35.3 Å². The average molecular weight is 324 g/mol. The van der Waals surface area contributed by atoms with E-state index in [4.69, 9.17) is 0 Å². The van der Waals surface area contributed by atoms with Crippen LogP contribution in [0.25, 0.3) is 0 Å². The molecule has 2 aromatic carbocycles. The predicted molar refractivity (Wildman–Crippen MR) is 96.6 cm³/mol. The molecule has 0 fully saturated rings. The number of para-hydroxylation sites is 2. The van der Waals surface area contributed by atoms with Gasteiger partial charge in [-0.3, -0.25) is 9.69 Å². The van der Waals surface area contributed by atoms with Crippen molar-refractivity contribution in [1.29, 1.82) is 0 Å². The minimum absolute atomic E-state index is 0.219. The highest BCUT2D eigenvalue weighted by Gasteiger charge is 2.29. The lowest BCUT2D eigenvalue weighted by Gasteiger charge is -2.27. The van der Waals surface area contributed by atoms with Gasteiger partial charge in [0.2, 0.25) is 0 Å². The van der Waals surface area contributed by atoms with Crippen molar-refractivity contribution >= 4 is 17.3 Å². The molecular formula is C20H24N2O2. The first-order chi connectivity index (χ1) is 11.6. The summed E-state index contributed by atoms with van der Waals surface area (Å²) in [5.74, 6) is -0.287. The van der Waals surface area contributed by atoms with Crippen LogP contribution in [-0.2, 0) is 17.6 Å². The zero-order chi connectivity index (χ0) is 17.1. The molecule has 0 radical (unpaired) electrons. The van der Waals surface area contributed by atoms with Gasteiger partial charge in [-0.25, -0.2) is 0 Å². The van der Waals surface area contributed by atoms with E-state index in [2.05, 4.69) is 17.4 Å². The summed E-state index contributed by atoms with van der Waals surface area (Å²) < 4.78 is 0. The summed E-state index contributed by atoms with van der Waals surface area (Å²) in [7, 11) is 0. The zero-order valence-corrected chi connectivity index (χ0v) is 14.2. The Morgan fingerprint density at radius 2 is 1.54 bits per heavy atom. The Morgan fingerprint density at radius 3 is 2.04 bits per heavy atom. The van der Waals surface area contributed by atoms with Crippen molar-refractivity contribution in [2.75, 3.05) is 11.4 Å². The van der Waals surface area contributed by atoms with Crippen molar-refractivity contribution in [3.63, 3.8) is 0 Å². The second-order valence-electron chi connectivity index (χ2n) is 6.51. The minimum atomic E-state index is -1.08. The molecular weight excluding hydrogens is 300 g/mol. The van der Waals surface area contributed by atoms with E-state index < -0.39 is 6.10 Å². The summed E-state index contributed by atoms with van der Waals surface area (Å²) >= 11 is 0. The third kappa shape index (κ3) is 3.35. The predicted octanol–water partition coefficient (Wildman–Crippen LogP) is 2.81. The largest absolute Gasteiger partial charge is 0.382 e. The fraction of sp³-hybridized carbons (Fsp3) is 0.350. The second-order valence-corrected chi connectivity index (χ2v) is 6.51. The summed E-state index contributed by atoms with van der Waals surface area (Å²) in [6.07, 6.45) is 0.695. The fourth-order valence-corrected chi connectivity index (χ4v) is 3.10. The van der Waals surface area contributed by atoms with Crippen LogP contribution in [0.2, 0.25) is 0 Å². The van der Waals surface area contributed by atoms with Crippen LogP contribution >= 0.6 is 0 Å². The minimum Gasteiger partial charge on any atom is -0.382 e. The normalized spacial score (nSPS) is 14.8. The van der Waals surface area contributed by atoms with Crippen LogP contribution in [0.3, 0.4) is 0 Å². The van der Waals surface area contributed by atoms with Crippen molar-refractivity contribution in [1.82, 2.24) is 5.32 Å². The van der Waals surface area contributed by atoms with Crippen LogP contribution in [0.15, 0.2) is 48.5 Å². The third-order valence-electron chi connectivity index (χ3n) is 4.35. The van der Waals surface area contributed by atoms with E-state index in [1.54, 1.807) is 4.90 Å². The van der Waals surface area contributed by atoms with Crippen molar-refractivity contribution in [2.24, 2.45) is 0 Å². The highest BCUT2D eigenvalue weighted by Crippen LogP contribution is 2.36. The van der Waals surface area contributed by atoms with Crippen molar-refractivity contribution in [2.45, 2.75) is 38.8 Å². The van der Waals surface area contributed by atoms with Crippen LogP contribution < -0.4 is 10.2 Å². The molecule has 1 heterocycles. The number of nitrogens with one attached hydrogen (secondary N) is 1. The molecule has 24 heavy (non-hydrogen) atoms. The van der Waals surface area contributed by atoms with Crippen LogP contribution in [0.4, 0.5) is 11.4 Å². The number of benzene rings is 2. The van der Waals surface area contributed by atoms with Crippen LogP contribution in [-0.4, -0.2) is 29.7 Å². The first-order valence-corrected chi connectivity index (χ1v) is 8.49. The van der Waals surface area contributed by atoms with Crippen molar-refractivity contribution < 1.29 is 9.90 Å². The number of nitrogens with zero attached hydrogens (tertiary/aromatic N) is 1. The zero-order valence-electron chi connectivity index (χ0n) is 14.2. The van der Waals surface area contributed by atoms with Gasteiger partial charge in [-0.2, -0.15) is 0 Å². The van der Waals surface area contributed by atoms with Gasteiger partial charge in [0.15, 0.2) is 0 Å². The molecule has 0 aromatic heterocycles. The highest BCUT2D eigenvalue weighted by molar-refractivity contribution is 6.04. The summed E-state index contributed by atoms with van der Waals surface area (Å²) in [6.45, 7) is 4.23. The lowest BCUT2D eigenvalue weighted by molar-refractivity contribution is -0.125. The summed E-state index contributed by atoms with van der Waals surface area (Å²) in [5.41, 5.74) is 4.00. The second kappa shape index (κ2) is 7.16. The Kier molecular flexibility index (Phi) is 4.97. The summed E-state index contributed by atoms with van der Waals surface area (Å²) in [5, 5.41) is 13.5. The molecule has 2 aromatic rings. The number of fused-ring (bicyclic) bond motifs is 2. The van der Waals surface area contributed by atoms with Gasteiger partial charge in [0.1, 0.15) is 6.10 Å². The molecule has 0 aliphatic carbocycles. The van der Waals surface area contributed by atoms with Gasteiger partial charge in [-0.05, 0) is 36.1 Å².